The number of rotatable bonds is 3. The third-order valence-electron chi connectivity index (χ3n) is 4.68. The van der Waals surface area contributed by atoms with Crippen molar-refractivity contribution in [3.8, 4) is 5.75 Å². The Morgan fingerprint density at radius 3 is 2.77 bits per heavy atom. The molecule has 0 unspecified atom stereocenters. The molecule has 1 aliphatic heterocycles. The second kappa shape index (κ2) is 7.00. The van der Waals surface area contributed by atoms with Crippen molar-refractivity contribution in [1.82, 2.24) is 4.98 Å². The smallest absolute Gasteiger partial charge is 0.314 e. The van der Waals surface area contributed by atoms with Crippen LogP contribution in [0.3, 0.4) is 0 Å². The Hall–Kier alpha value is -2.53. The second-order valence-electron chi connectivity index (χ2n) is 6.58. The first kappa shape index (κ1) is 16.9. The Morgan fingerprint density at radius 1 is 1.23 bits per heavy atom. The fourth-order valence-corrected chi connectivity index (χ4v) is 3.34. The maximum atomic E-state index is 12.5. The molecular formula is C20H19ClN2O3. The average Bonchev–Trinajstić information content (AvgIpc) is 3.09. The number of hydrogen-bond acceptors (Lipinski definition) is 5. The first-order valence-corrected chi connectivity index (χ1v) is 9.06. The fourth-order valence-electron chi connectivity index (χ4n) is 3.18. The molecule has 2 heterocycles. The Bertz CT molecular complexity index is 912. The van der Waals surface area contributed by atoms with E-state index in [1.165, 1.54) is 0 Å². The predicted octanol–water partition coefficient (Wildman–Crippen LogP) is 4.61. The molecular weight excluding hydrogens is 352 g/mol. The van der Waals surface area contributed by atoms with Gasteiger partial charge in [-0.2, -0.15) is 4.98 Å². The van der Waals surface area contributed by atoms with E-state index >= 15 is 0 Å². The molecule has 4 rings (SSSR count). The van der Waals surface area contributed by atoms with Gasteiger partial charge in [0, 0.05) is 13.1 Å². The van der Waals surface area contributed by atoms with E-state index in [0.29, 0.717) is 42.7 Å². The summed E-state index contributed by atoms with van der Waals surface area (Å²) in [6, 6.07) is 13.7. The van der Waals surface area contributed by atoms with Crippen LogP contribution in [0.5, 0.6) is 5.75 Å². The minimum Gasteiger partial charge on any atom is -0.425 e. The largest absolute Gasteiger partial charge is 0.425 e. The minimum absolute atomic E-state index is 0.146. The summed E-state index contributed by atoms with van der Waals surface area (Å²) in [5, 5.41) is 0.452. The van der Waals surface area contributed by atoms with Gasteiger partial charge in [-0.3, -0.25) is 4.79 Å². The second-order valence-corrected chi connectivity index (χ2v) is 6.99. The number of esters is 1. The van der Waals surface area contributed by atoms with E-state index in [1.807, 2.05) is 37.3 Å². The summed E-state index contributed by atoms with van der Waals surface area (Å²) in [7, 11) is 0. The van der Waals surface area contributed by atoms with Gasteiger partial charge in [0.25, 0.3) is 6.01 Å². The SMILES string of the molecule is Cc1ccc(Cl)c(OC(=O)C2CCN(c3nc4ccccc4o3)CC2)c1. The molecule has 0 radical (unpaired) electrons. The number of hydrogen-bond donors (Lipinski definition) is 0. The first-order valence-electron chi connectivity index (χ1n) is 8.68. The highest BCUT2D eigenvalue weighted by molar-refractivity contribution is 6.32. The lowest BCUT2D eigenvalue weighted by molar-refractivity contribution is -0.139. The van der Waals surface area contributed by atoms with Crippen molar-refractivity contribution in [3.63, 3.8) is 0 Å². The predicted molar refractivity (Wildman–Crippen MR) is 101 cm³/mol. The Morgan fingerprint density at radius 2 is 2.00 bits per heavy atom. The van der Waals surface area contributed by atoms with Crippen LogP contribution in [0.1, 0.15) is 18.4 Å². The molecule has 0 saturated carbocycles. The van der Waals surface area contributed by atoms with Gasteiger partial charge in [0.2, 0.25) is 0 Å². The molecule has 1 aliphatic rings. The van der Waals surface area contributed by atoms with Crippen LogP contribution in [0.15, 0.2) is 46.9 Å². The van der Waals surface area contributed by atoms with E-state index < -0.39 is 0 Å². The summed E-state index contributed by atoms with van der Waals surface area (Å²) < 4.78 is 11.3. The molecule has 6 heteroatoms. The lowest BCUT2D eigenvalue weighted by Crippen LogP contribution is -2.37. The summed E-state index contributed by atoms with van der Waals surface area (Å²) >= 11 is 6.11. The van der Waals surface area contributed by atoms with Crippen molar-refractivity contribution in [3.05, 3.63) is 53.1 Å². The monoisotopic (exact) mass is 370 g/mol. The lowest BCUT2D eigenvalue weighted by atomic mass is 9.97. The van der Waals surface area contributed by atoms with Gasteiger partial charge >= 0.3 is 5.97 Å². The number of carbonyl (C=O) groups excluding carboxylic acids is 1. The average molecular weight is 371 g/mol. The van der Waals surface area contributed by atoms with Gasteiger partial charge in [-0.1, -0.05) is 29.8 Å². The van der Waals surface area contributed by atoms with E-state index in [2.05, 4.69) is 9.88 Å². The zero-order valence-corrected chi connectivity index (χ0v) is 15.2. The molecule has 5 nitrogen and oxygen atoms in total. The number of piperidine rings is 1. The van der Waals surface area contributed by atoms with Gasteiger partial charge in [0.15, 0.2) is 5.58 Å². The maximum Gasteiger partial charge on any atom is 0.314 e. The molecule has 1 saturated heterocycles. The number of nitrogens with zero attached hydrogens (tertiary/aromatic N) is 2. The molecule has 134 valence electrons. The molecule has 1 aromatic heterocycles. The van der Waals surface area contributed by atoms with Crippen LogP contribution in [0, 0.1) is 12.8 Å². The molecule has 0 N–H and O–H groups in total. The van der Waals surface area contributed by atoms with Crippen LogP contribution in [-0.2, 0) is 4.79 Å². The number of fused-ring (bicyclic) bond motifs is 1. The van der Waals surface area contributed by atoms with Gasteiger partial charge in [-0.25, -0.2) is 0 Å². The van der Waals surface area contributed by atoms with Gasteiger partial charge in [-0.05, 0) is 49.6 Å². The van der Waals surface area contributed by atoms with Gasteiger partial charge in [-0.15, -0.1) is 0 Å². The molecule has 1 fully saturated rings. The molecule has 2 aromatic carbocycles. The number of carbonyl (C=O) groups is 1. The van der Waals surface area contributed by atoms with Crippen LogP contribution < -0.4 is 9.64 Å². The zero-order chi connectivity index (χ0) is 18.1. The van der Waals surface area contributed by atoms with Crippen molar-refractivity contribution in [1.29, 1.82) is 0 Å². The number of aryl methyl sites for hydroxylation is 1. The number of aromatic nitrogens is 1. The van der Waals surface area contributed by atoms with Crippen molar-refractivity contribution < 1.29 is 13.9 Å². The third kappa shape index (κ3) is 3.40. The van der Waals surface area contributed by atoms with Crippen molar-refractivity contribution >= 4 is 34.7 Å². The fraction of sp³-hybridized carbons (Fsp3) is 0.300. The maximum absolute atomic E-state index is 12.5. The molecule has 0 amide bonds. The summed E-state index contributed by atoms with van der Waals surface area (Å²) in [6.45, 7) is 3.34. The quantitative estimate of drug-likeness (QED) is 0.497. The first-order chi connectivity index (χ1) is 12.6. The van der Waals surface area contributed by atoms with Crippen molar-refractivity contribution in [2.75, 3.05) is 18.0 Å². The standard InChI is InChI=1S/C20H19ClN2O3/c1-13-6-7-15(21)18(12-13)25-19(24)14-8-10-23(11-9-14)20-22-16-4-2-3-5-17(16)26-20/h2-7,12,14H,8-11H2,1H3. The number of oxazole rings is 1. The van der Waals surface area contributed by atoms with Crippen LogP contribution in [0.4, 0.5) is 6.01 Å². The highest BCUT2D eigenvalue weighted by Gasteiger charge is 2.29. The van der Waals surface area contributed by atoms with Crippen LogP contribution in [-0.4, -0.2) is 24.0 Å². The topological polar surface area (TPSA) is 55.6 Å². The van der Waals surface area contributed by atoms with Crippen molar-refractivity contribution in [2.45, 2.75) is 19.8 Å². The summed E-state index contributed by atoms with van der Waals surface area (Å²) in [5.74, 6) is 0.0555. The number of benzene rings is 2. The van der Waals surface area contributed by atoms with E-state index in [1.54, 1.807) is 12.1 Å². The number of ether oxygens (including phenoxy) is 1. The summed E-state index contributed by atoms with van der Waals surface area (Å²) in [4.78, 5) is 19.1. The highest BCUT2D eigenvalue weighted by Crippen LogP contribution is 2.29. The van der Waals surface area contributed by atoms with Crippen LogP contribution >= 0.6 is 11.6 Å². The Balaban J connectivity index is 1.39. The highest BCUT2D eigenvalue weighted by atomic mass is 35.5. The Labute approximate surface area is 156 Å². The molecule has 26 heavy (non-hydrogen) atoms. The number of halogens is 1. The molecule has 0 spiro atoms. The summed E-state index contributed by atoms with van der Waals surface area (Å²) in [5.41, 5.74) is 2.62. The molecule has 3 aromatic rings. The van der Waals surface area contributed by atoms with E-state index in [9.17, 15) is 4.79 Å². The van der Waals surface area contributed by atoms with E-state index in [-0.39, 0.29) is 11.9 Å². The zero-order valence-electron chi connectivity index (χ0n) is 14.4. The molecule has 0 aliphatic carbocycles. The summed E-state index contributed by atoms with van der Waals surface area (Å²) in [6.07, 6.45) is 1.39. The number of anilines is 1. The Kier molecular flexibility index (Phi) is 4.55. The van der Waals surface area contributed by atoms with E-state index in [4.69, 9.17) is 20.8 Å². The van der Waals surface area contributed by atoms with Crippen molar-refractivity contribution in [2.24, 2.45) is 5.92 Å². The van der Waals surface area contributed by atoms with Gasteiger partial charge in [0.05, 0.1) is 10.9 Å². The third-order valence-corrected chi connectivity index (χ3v) is 4.99. The number of para-hydroxylation sites is 2. The van der Waals surface area contributed by atoms with Gasteiger partial charge in [0.1, 0.15) is 11.3 Å². The van der Waals surface area contributed by atoms with Crippen LogP contribution in [0.25, 0.3) is 11.1 Å². The molecule has 0 bridgehead atoms. The van der Waals surface area contributed by atoms with Crippen LogP contribution in [0.2, 0.25) is 5.02 Å². The molecule has 0 atom stereocenters. The lowest BCUT2D eigenvalue weighted by Gasteiger charge is -2.29. The normalized spacial score (nSPS) is 15.4. The van der Waals surface area contributed by atoms with Gasteiger partial charge < -0.3 is 14.1 Å². The van der Waals surface area contributed by atoms with E-state index in [0.717, 1.165) is 16.7 Å². The minimum atomic E-state index is -0.227.